The Morgan fingerprint density at radius 1 is 0.737 bits per heavy atom. The minimum absolute atomic E-state index is 0.0341. The van der Waals surface area contributed by atoms with Gasteiger partial charge in [0.2, 0.25) is 5.69 Å². The minimum Gasteiger partial charge on any atom is -0.496 e. The van der Waals surface area contributed by atoms with Crippen LogP contribution in [0.4, 0.5) is 14.4 Å². The number of alkyl carbamates (subject to hydrolysis) is 2. The van der Waals surface area contributed by atoms with Crippen molar-refractivity contribution in [3.8, 4) is 5.75 Å². The van der Waals surface area contributed by atoms with E-state index in [0.29, 0.717) is 0 Å². The van der Waals surface area contributed by atoms with Crippen molar-refractivity contribution in [2.45, 2.75) is 162 Å². The van der Waals surface area contributed by atoms with Crippen molar-refractivity contribution in [1.29, 1.82) is 0 Å². The molecule has 0 aliphatic rings. The maximum Gasteiger partial charge on any atom is 0.419 e. The molecule has 0 fully saturated rings. The fraction of sp³-hybridized carbons (Fsp3) is 0.659. The predicted octanol–water partition coefficient (Wildman–Crippen LogP) is 9.25. The van der Waals surface area contributed by atoms with Crippen LogP contribution in [0.25, 0.3) is 0 Å². The maximum atomic E-state index is 13.9. The molecular weight excluding hydrogens is 729 g/mol. The smallest absolute Gasteiger partial charge is 0.419 e. The van der Waals surface area contributed by atoms with E-state index >= 15 is 0 Å². The number of ether oxygens (including phenoxy) is 5. The Labute approximate surface area is 341 Å². The Balaban J connectivity index is 1.92. The number of carbonyl (C=O) groups is 4. The molecule has 1 aromatic heterocycles. The first-order chi connectivity index (χ1) is 27.7. The molecule has 0 bridgehead atoms. The van der Waals surface area contributed by atoms with Crippen molar-refractivity contribution in [1.82, 2.24) is 15.5 Å². The minimum atomic E-state index is -1.30. The maximum absolute atomic E-state index is 13.9. The van der Waals surface area contributed by atoms with Gasteiger partial charge in [-0.3, -0.25) is 4.79 Å². The van der Waals surface area contributed by atoms with Crippen LogP contribution in [-0.4, -0.2) is 74.9 Å². The van der Waals surface area contributed by atoms with Crippen LogP contribution in [0.2, 0.25) is 0 Å². The Kier molecular flexibility index (Phi) is 25.5. The van der Waals surface area contributed by atoms with Gasteiger partial charge < -0.3 is 34.3 Å². The van der Waals surface area contributed by atoms with Gasteiger partial charge in [-0.05, 0) is 31.9 Å². The lowest BCUT2D eigenvalue weighted by Gasteiger charge is -2.27. The second-order valence-electron chi connectivity index (χ2n) is 14.3. The molecule has 1 heterocycles. The number of para-hydroxylation sites is 1. The molecule has 57 heavy (non-hydrogen) atoms. The lowest BCUT2D eigenvalue weighted by Crippen LogP contribution is -2.46. The molecule has 3 atom stereocenters. The normalized spacial score (nSPS) is 12.5. The lowest BCUT2D eigenvalue weighted by molar-refractivity contribution is -0.701. The molecule has 0 radical (unpaired) electrons. The first kappa shape index (κ1) is 48.8. The summed E-state index contributed by atoms with van der Waals surface area (Å²) < 4.78 is 29.4. The molecule has 320 valence electrons. The fourth-order valence-corrected chi connectivity index (χ4v) is 6.44. The molecule has 1 aromatic carbocycles. The van der Waals surface area contributed by atoms with Crippen LogP contribution in [0.3, 0.4) is 0 Å². The van der Waals surface area contributed by atoms with E-state index in [4.69, 9.17) is 23.7 Å². The summed E-state index contributed by atoms with van der Waals surface area (Å²) in [6, 6.07) is 12.1. The molecule has 0 aliphatic heterocycles. The third-order valence-electron chi connectivity index (χ3n) is 9.99. The van der Waals surface area contributed by atoms with Crippen molar-refractivity contribution in [2.75, 3.05) is 27.4 Å². The summed E-state index contributed by atoms with van der Waals surface area (Å²) in [6.45, 7) is 8.28. The lowest BCUT2D eigenvalue weighted by atomic mass is 10.0. The number of pyridine rings is 1. The highest BCUT2D eigenvalue weighted by Gasteiger charge is 2.32. The van der Waals surface area contributed by atoms with Gasteiger partial charge in [-0.1, -0.05) is 122 Å². The number of benzene rings is 1. The van der Waals surface area contributed by atoms with E-state index in [1.165, 1.54) is 90.9 Å². The molecular formula is C44H71N4O9+. The predicted molar refractivity (Wildman–Crippen MR) is 220 cm³/mol. The Bertz CT molecular complexity index is 1440. The molecule has 4 amide bonds. The van der Waals surface area contributed by atoms with Gasteiger partial charge in [0.1, 0.15) is 31.5 Å². The van der Waals surface area contributed by atoms with E-state index in [-0.39, 0.29) is 43.5 Å². The fourth-order valence-electron chi connectivity index (χ4n) is 6.44. The monoisotopic (exact) mass is 800 g/mol. The van der Waals surface area contributed by atoms with Crippen LogP contribution in [0.15, 0.2) is 48.7 Å². The van der Waals surface area contributed by atoms with Crippen molar-refractivity contribution < 1.29 is 47.4 Å². The van der Waals surface area contributed by atoms with Gasteiger partial charge >= 0.3 is 18.3 Å². The third kappa shape index (κ3) is 19.5. The van der Waals surface area contributed by atoms with Crippen molar-refractivity contribution in [3.05, 3.63) is 59.9 Å². The number of amides is 4. The zero-order valence-corrected chi connectivity index (χ0v) is 35.6. The summed E-state index contributed by atoms with van der Waals surface area (Å²) in [6.07, 6.45) is 15.6. The van der Waals surface area contributed by atoms with E-state index in [2.05, 4.69) is 17.6 Å². The number of hydrogen-bond acceptors (Lipinski definition) is 9. The number of methoxy groups -OCH3 is 2. The van der Waals surface area contributed by atoms with E-state index in [1.54, 1.807) is 25.1 Å². The van der Waals surface area contributed by atoms with Crippen LogP contribution < -0.4 is 19.9 Å². The van der Waals surface area contributed by atoms with E-state index in [9.17, 15) is 19.2 Å². The number of nitrogens with one attached hydrogen (secondary N) is 2. The average molecular weight is 800 g/mol. The van der Waals surface area contributed by atoms with E-state index < -0.39 is 36.6 Å². The number of carbonyl (C=O) groups excluding carboxylic acids is 4. The average Bonchev–Trinajstić information content (AvgIpc) is 3.23. The summed E-state index contributed by atoms with van der Waals surface area (Å²) in [5, 5.41) is 5.63. The molecule has 2 N–H and O–H groups in total. The van der Waals surface area contributed by atoms with Gasteiger partial charge in [-0.15, -0.1) is 0 Å². The topological polar surface area (TPSA) is 146 Å². The zero-order chi connectivity index (χ0) is 41.7. The van der Waals surface area contributed by atoms with Crippen LogP contribution in [0.1, 0.15) is 146 Å². The zero-order valence-electron chi connectivity index (χ0n) is 35.6. The molecule has 3 unspecified atom stereocenters. The number of aromatic nitrogens is 1. The van der Waals surface area contributed by atoms with Gasteiger partial charge in [0.05, 0.1) is 19.2 Å². The van der Waals surface area contributed by atoms with Crippen LogP contribution >= 0.6 is 0 Å². The second-order valence-corrected chi connectivity index (χ2v) is 14.3. The number of imide groups is 1. The molecule has 0 saturated heterocycles. The Hall–Kier alpha value is -4.39. The molecule has 13 heteroatoms. The van der Waals surface area contributed by atoms with Gasteiger partial charge in [0.25, 0.3) is 12.2 Å². The first-order valence-corrected chi connectivity index (χ1v) is 21.2. The highest BCUT2D eigenvalue weighted by Crippen LogP contribution is 2.21. The largest absolute Gasteiger partial charge is 0.496 e. The van der Waals surface area contributed by atoms with Crippen LogP contribution in [0, 0.1) is 0 Å². The summed E-state index contributed by atoms with van der Waals surface area (Å²) in [7, 11) is 2.81. The third-order valence-corrected chi connectivity index (χ3v) is 9.99. The molecule has 0 spiro atoms. The Morgan fingerprint density at radius 3 is 1.96 bits per heavy atom. The highest BCUT2D eigenvalue weighted by molar-refractivity contribution is 6.04. The van der Waals surface area contributed by atoms with Crippen LogP contribution in [0.5, 0.6) is 5.75 Å². The van der Waals surface area contributed by atoms with E-state index in [0.717, 1.165) is 42.8 Å². The van der Waals surface area contributed by atoms with Crippen molar-refractivity contribution in [2.24, 2.45) is 0 Å². The van der Waals surface area contributed by atoms with Gasteiger partial charge in [-0.25, -0.2) is 23.9 Å². The first-order valence-electron chi connectivity index (χ1n) is 21.2. The van der Waals surface area contributed by atoms with Crippen molar-refractivity contribution in [3.63, 3.8) is 0 Å². The summed E-state index contributed by atoms with van der Waals surface area (Å²) in [5.41, 5.74) is 0.959. The molecule has 13 nitrogen and oxygen atoms in total. The van der Waals surface area contributed by atoms with Gasteiger partial charge in [0, 0.05) is 31.7 Å². The molecule has 2 rings (SSSR count). The number of rotatable bonds is 29. The number of nitrogens with zero attached hydrogens (tertiary/aromatic N) is 2. The quantitative estimate of drug-likeness (QED) is 0.0467. The number of unbranched alkanes of at least 4 members (excludes halogenated alkanes) is 12. The van der Waals surface area contributed by atoms with Gasteiger partial charge in [0.15, 0.2) is 6.20 Å². The second kappa shape index (κ2) is 29.8. The summed E-state index contributed by atoms with van der Waals surface area (Å²) >= 11 is 0. The highest BCUT2D eigenvalue weighted by atomic mass is 16.7. The molecule has 2 aromatic rings. The Morgan fingerprint density at radius 2 is 1.37 bits per heavy atom. The van der Waals surface area contributed by atoms with Gasteiger partial charge in [-0.2, -0.15) is 0 Å². The standard InChI is InChI=1S/C44H70N4O9/c1-7-11-12-13-14-15-16-17-18-19-20-21-22-27-35(8-2)46-43(51)55-34-37(53-5)33-48(41(49)38-29-23-24-30-39(38)54-6)44(52)57-40(9-3)56-42(50)45-32-36-28-25-26-31-47(36)10-4/h23-26,28-31,35,37,40H,7-22,27,32-34H2,1-6H3,(H-,45,46,50,51)/p+1. The van der Waals surface area contributed by atoms with Crippen LogP contribution in [-0.2, 0) is 32.0 Å². The molecule has 0 aliphatic carbocycles. The van der Waals surface area contributed by atoms with E-state index in [1.807, 2.05) is 42.8 Å². The number of hydrogen-bond donors (Lipinski definition) is 2. The summed E-state index contributed by atoms with van der Waals surface area (Å²) in [4.78, 5) is 53.9. The summed E-state index contributed by atoms with van der Waals surface area (Å²) in [5.74, 6) is -0.493. The molecule has 0 saturated carbocycles. The number of aryl methyl sites for hydroxylation is 1. The van der Waals surface area contributed by atoms with Crippen molar-refractivity contribution >= 4 is 24.2 Å². The SMILES string of the molecule is CCCCCCCCCCCCCCCC(CC)NC(=O)OCC(CN(C(=O)OC(CC)OC(=O)NCc1cccc[n+]1CC)C(=O)c1ccccc1OC)OC.